The van der Waals surface area contributed by atoms with E-state index in [-0.39, 0.29) is 42.7 Å². The van der Waals surface area contributed by atoms with E-state index in [2.05, 4.69) is 29.4 Å². The summed E-state index contributed by atoms with van der Waals surface area (Å²) in [5, 5.41) is 37.9. The second-order valence-corrected chi connectivity index (χ2v) is 21.1. The summed E-state index contributed by atoms with van der Waals surface area (Å²) in [5.74, 6) is -0.848. The Morgan fingerprint density at radius 3 is 2.59 bits per heavy atom. The minimum atomic E-state index is -1.47. The fourth-order valence-electron chi connectivity index (χ4n) is 16.2. The Morgan fingerprint density at radius 2 is 1.81 bits per heavy atom. The molecule has 6 aliphatic heterocycles. The smallest absolute Gasteiger partial charge is 0.339 e. The zero-order valence-corrected chi connectivity index (χ0v) is 34.2. The quantitative estimate of drug-likeness (QED) is 0.242. The number of allylic oxidation sites excluding steroid dienone is 1. The monoisotopic (exact) mass is 804 g/mol. The van der Waals surface area contributed by atoms with Crippen LogP contribution in [-0.2, 0) is 39.8 Å². The highest BCUT2D eigenvalue weighted by Crippen LogP contribution is 2.81. The standard InChI is InChI=1S/C45H60N2O11/c1-40(2)33-32(50)34(51)42(4)31(44(33)21-55-39(53)43(38(44)58-40)12-5-6-13-43)9-14-41(3)35(56-37(52)36-45(41,42)57-36)26-11-16-54-30(26)18-27(29(49)20-48)23-7-8-25-24(17-23)10-15-47-22-46-19-28(25)47/h10-11,15-16,23-25,27-29,31,33-36,38,46,48-49,51H,5-9,12-14,17-22H2,1-4H3/t23-,24+,25+,27-,28-,29+,31-,33+,34+,35-,36+,38-,41-,42-,44+,45+/m0/s1. The Kier molecular flexibility index (Phi) is 8.15. The van der Waals surface area contributed by atoms with Gasteiger partial charge in [-0.25, -0.2) is 4.79 Å². The van der Waals surface area contributed by atoms with Crippen LogP contribution in [0.1, 0.15) is 103 Å². The molecule has 0 unspecified atom stereocenters. The van der Waals surface area contributed by atoms with Crippen LogP contribution in [0.15, 0.2) is 29.0 Å². The number of aliphatic hydroxyl groups is 3. The number of carbonyl (C=O) groups is 3. The third-order valence-electron chi connectivity index (χ3n) is 18.6. The average molecular weight is 805 g/mol. The van der Waals surface area contributed by atoms with Crippen molar-refractivity contribution in [3.8, 4) is 0 Å². The molecule has 5 saturated heterocycles. The molecule has 58 heavy (non-hydrogen) atoms. The molecule has 9 fully saturated rings. The largest absolute Gasteiger partial charge is 0.469 e. The van der Waals surface area contributed by atoms with Crippen molar-refractivity contribution in [2.45, 2.75) is 140 Å². The van der Waals surface area contributed by atoms with Gasteiger partial charge in [0.25, 0.3) is 0 Å². The van der Waals surface area contributed by atoms with Crippen molar-refractivity contribution in [3.63, 3.8) is 0 Å². The first kappa shape index (κ1) is 38.1. The molecule has 16 atom stereocenters. The summed E-state index contributed by atoms with van der Waals surface area (Å²) in [6.07, 6.45) is 8.66. The van der Waals surface area contributed by atoms with Gasteiger partial charge in [-0.1, -0.05) is 32.8 Å². The van der Waals surface area contributed by atoms with E-state index in [9.17, 15) is 29.7 Å². The number of ether oxygens (including phenoxy) is 4. The van der Waals surface area contributed by atoms with E-state index in [1.165, 1.54) is 0 Å². The van der Waals surface area contributed by atoms with Gasteiger partial charge < -0.3 is 43.6 Å². The minimum absolute atomic E-state index is 0.0191. The second-order valence-electron chi connectivity index (χ2n) is 21.1. The van der Waals surface area contributed by atoms with Gasteiger partial charge in [0.05, 0.1) is 48.7 Å². The number of cyclic esters (lactones) is 2. The molecular formula is C45H60N2O11. The van der Waals surface area contributed by atoms with E-state index in [4.69, 9.17) is 23.4 Å². The SMILES string of the molecule is CC1(C)O[C@H]2C3(CCCC3)C(=O)OC[C@@]23[C@@H]1C(=O)[C@@H](O)[C@]1(C)[C@@H]3CC[C@@]2(C)[C@H](c3ccoc3C[C@@H]([C@H]3CC[C@@H]4[C@H](C=CN5CNC[C@@H]45)C3)[C@H](O)CO)OC(=O)[C@H]3O[C@@]312. The Balaban J connectivity index is 0.950. The van der Waals surface area contributed by atoms with Crippen LogP contribution in [0.5, 0.6) is 0 Å². The number of Topliss-reactive ketones (excluding diaryl/α,β-unsaturated/α-hetero) is 1. The van der Waals surface area contributed by atoms with Gasteiger partial charge in [0, 0.05) is 40.8 Å². The number of nitrogens with zero attached hydrogens (tertiary/aromatic N) is 1. The van der Waals surface area contributed by atoms with Crippen LogP contribution in [0.25, 0.3) is 0 Å². The molecule has 4 N–H and O–H groups in total. The molecular weight excluding hydrogens is 744 g/mol. The summed E-state index contributed by atoms with van der Waals surface area (Å²) >= 11 is 0. The summed E-state index contributed by atoms with van der Waals surface area (Å²) in [4.78, 5) is 45.4. The van der Waals surface area contributed by atoms with Gasteiger partial charge in [-0.3, -0.25) is 14.9 Å². The summed E-state index contributed by atoms with van der Waals surface area (Å²) in [6, 6.07) is 2.33. The van der Waals surface area contributed by atoms with Gasteiger partial charge in [0.1, 0.15) is 30.2 Å². The van der Waals surface area contributed by atoms with E-state index in [1.54, 1.807) is 6.26 Å². The Labute approximate surface area is 339 Å². The van der Waals surface area contributed by atoms with Crippen LogP contribution in [0.4, 0.5) is 0 Å². The van der Waals surface area contributed by atoms with Crippen LogP contribution < -0.4 is 5.32 Å². The number of hydrogen-bond donors (Lipinski definition) is 4. The fourth-order valence-corrected chi connectivity index (χ4v) is 16.2. The molecule has 0 bridgehead atoms. The van der Waals surface area contributed by atoms with Crippen LogP contribution >= 0.6 is 0 Å². The van der Waals surface area contributed by atoms with Gasteiger partial charge in [-0.15, -0.1) is 0 Å². The Hall–Kier alpha value is -2.81. The molecule has 1 aromatic rings. The van der Waals surface area contributed by atoms with Crippen LogP contribution in [-0.4, -0.2) is 106 Å². The van der Waals surface area contributed by atoms with Crippen molar-refractivity contribution >= 4 is 17.7 Å². The number of esters is 2. The Morgan fingerprint density at radius 1 is 1.02 bits per heavy atom. The maximum Gasteiger partial charge on any atom is 0.339 e. The zero-order chi connectivity index (χ0) is 40.4. The van der Waals surface area contributed by atoms with E-state index >= 15 is 0 Å². The number of epoxide rings is 1. The number of nitrogens with one attached hydrogen (secondary N) is 1. The average Bonchev–Trinajstić information content (AvgIpc) is 3.63. The van der Waals surface area contributed by atoms with Crippen LogP contribution in [0, 0.1) is 57.2 Å². The molecule has 3 spiro atoms. The maximum atomic E-state index is 15.0. The fraction of sp³-hybridized carbons (Fsp3) is 0.800. The van der Waals surface area contributed by atoms with Gasteiger partial charge >= 0.3 is 11.9 Å². The lowest BCUT2D eigenvalue weighted by Gasteiger charge is -2.67. The highest BCUT2D eigenvalue weighted by molar-refractivity contribution is 5.92. The predicted molar refractivity (Wildman–Crippen MR) is 204 cm³/mol. The highest BCUT2D eigenvalue weighted by atomic mass is 16.7. The number of aliphatic hydroxyl groups excluding tert-OH is 3. The number of carbonyl (C=O) groups excluding carboxylic acids is 3. The molecule has 0 amide bonds. The summed E-state index contributed by atoms with van der Waals surface area (Å²) in [6.45, 7) is 9.31. The molecule has 0 radical (unpaired) electrons. The first-order valence-corrected chi connectivity index (χ1v) is 22.1. The van der Waals surface area contributed by atoms with E-state index in [0.29, 0.717) is 61.3 Å². The number of fused-ring (bicyclic) bond motifs is 5. The molecule has 10 aliphatic rings. The van der Waals surface area contributed by atoms with Crippen molar-refractivity contribution < 1.29 is 53.1 Å². The highest BCUT2D eigenvalue weighted by Gasteiger charge is 2.91. The van der Waals surface area contributed by atoms with Crippen molar-refractivity contribution in [2.75, 3.05) is 26.4 Å². The molecule has 1 aromatic heterocycles. The van der Waals surface area contributed by atoms with Gasteiger partial charge in [0.15, 0.2) is 11.9 Å². The first-order valence-electron chi connectivity index (χ1n) is 22.1. The van der Waals surface area contributed by atoms with Gasteiger partial charge in [-0.05, 0) is 101 Å². The third kappa shape index (κ3) is 4.46. The van der Waals surface area contributed by atoms with Gasteiger partial charge in [-0.2, -0.15) is 0 Å². The maximum absolute atomic E-state index is 15.0. The molecule has 4 saturated carbocycles. The molecule has 0 aromatic carbocycles. The number of ketones is 1. The Bertz CT molecular complexity index is 1940. The molecule has 13 nitrogen and oxygen atoms in total. The van der Waals surface area contributed by atoms with Crippen LogP contribution in [0.2, 0.25) is 0 Å². The van der Waals surface area contributed by atoms with E-state index in [1.807, 2.05) is 26.8 Å². The minimum Gasteiger partial charge on any atom is -0.469 e. The third-order valence-corrected chi connectivity index (χ3v) is 18.6. The summed E-state index contributed by atoms with van der Waals surface area (Å²) in [7, 11) is 0. The normalized spacial score (nSPS) is 48.7. The number of rotatable bonds is 6. The molecule has 7 heterocycles. The van der Waals surface area contributed by atoms with Crippen molar-refractivity contribution in [1.82, 2.24) is 10.2 Å². The molecule has 316 valence electrons. The molecule has 4 aliphatic carbocycles. The van der Waals surface area contributed by atoms with E-state index in [0.717, 1.165) is 45.3 Å². The van der Waals surface area contributed by atoms with Crippen LogP contribution in [0.3, 0.4) is 0 Å². The predicted octanol–water partition coefficient (Wildman–Crippen LogP) is 3.58. The number of furan rings is 1. The lowest BCUT2D eigenvalue weighted by Crippen LogP contribution is -2.77. The molecule has 13 heteroatoms. The first-order chi connectivity index (χ1) is 27.7. The van der Waals surface area contributed by atoms with E-state index < -0.39 is 75.3 Å². The van der Waals surface area contributed by atoms with Crippen molar-refractivity contribution in [2.24, 2.45) is 57.2 Å². The zero-order valence-electron chi connectivity index (χ0n) is 34.2. The lowest BCUT2D eigenvalue weighted by molar-refractivity contribution is -0.264. The summed E-state index contributed by atoms with van der Waals surface area (Å²) in [5.41, 5.74) is -5.46. The molecule has 11 rings (SSSR count). The second kappa shape index (κ2) is 12.4. The van der Waals surface area contributed by atoms with Crippen molar-refractivity contribution in [3.05, 3.63) is 35.9 Å². The summed E-state index contributed by atoms with van der Waals surface area (Å²) < 4.78 is 32.6. The van der Waals surface area contributed by atoms with Gasteiger partial charge in [0.2, 0.25) is 0 Å². The number of hydrogen-bond acceptors (Lipinski definition) is 13. The lowest BCUT2D eigenvalue weighted by atomic mass is 9.35. The van der Waals surface area contributed by atoms with Crippen molar-refractivity contribution in [1.29, 1.82) is 0 Å². The topological polar surface area (TPSA) is 181 Å².